The number of nitrogens with two attached hydrogens (primary N) is 1. The molecule has 1 aliphatic carbocycles. The van der Waals surface area contributed by atoms with Crippen LogP contribution in [-0.4, -0.2) is 24.0 Å². The quantitative estimate of drug-likeness (QED) is 0.756. The van der Waals surface area contributed by atoms with Crippen LogP contribution in [0.3, 0.4) is 0 Å². The van der Waals surface area contributed by atoms with Gasteiger partial charge in [0.2, 0.25) is 0 Å². The van der Waals surface area contributed by atoms with Gasteiger partial charge < -0.3 is 5.73 Å². The van der Waals surface area contributed by atoms with Crippen LogP contribution < -0.4 is 5.73 Å². The molecule has 3 rings (SSSR count). The van der Waals surface area contributed by atoms with E-state index in [1.807, 2.05) is 32.1 Å². The van der Waals surface area contributed by atoms with Crippen molar-refractivity contribution < 1.29 is 4.39 Å². The first kappa shape index (κ1) is 20.1. The van der Waals surface area contributed by atoms with Gasteiger partial charge in [0.25, 0.3) is 0 Å². The Bertz CT molecular complexity index is 991. The van der Waals surface area contributed by atoms with E-state index in [2.05, 4.69) is 26.9 Å². The monoisotopic (exact) mass is 439 g/mol. The van der Waals surface area contributed by atoms with Gasteiger partial charge in [0.05, 0.1) is 23.4 Å². The zero-order valence-electron chi connectivity index (χ0n) is 15.6. The maximum Gasteiger partial charge on any atom is 0.191 e. The molecule has 1 aromatic rings. The predicted octanol–water partition coefficient (Wildman–Crippen LogP) is 3.72. The van der Waals surface area contributed by atoms with Crippen LogP contribution in [0.4, 0.5) is 4.39 Å². The number of fused-ring (bicyclic) bond motifs is 1. The summed E-state index contributed by atoms with van der Waals surface area (Å²) in [4.78, 5) is 2.17. The lowest BCUT2D eigenvalue weighted by molar-refractivity contribution is 0.172. The fraction of sp³-hybridized carbons (Fsp3) is 0.381. The molecule has 0 unspecified atom stereocenters. The summed E-state index contributed by atoms with van der Waals surface area (Å²) in [6.45, 7) is 5.23. The largest absolute Gasteiger partial charge is 0.399 e. The molecule has 2 aliphatic rings. The van der Waals surface area contributed by atoms with Gasteiger partial charge in [-0.3, -0.25) is 4.90 Å². The number of hydrogen-bond donors (Lipinski definition) is 1. The molecule has 2 atom stereocenters. The first-order valence-corrected chi connectivity index (χ1v) is 9.72. The highest BCUT2D eigenvalue weighted by Gasteiger charge is 2.55. The topological polar surface area (TPSA) is 101 Å². The second kappa shape index (κ2) is 7.40. The number of benzene rings is 1. The van der Waals surface area contributed by atoms with E-state index in [9.17, 15) is 20.2 Å². The lowest BCUT2D eigenvalue weighted by Crippen LogP contribution is -2.49. The van der Waals surface area contributed by atoms with Crippen molar-refractivity contribution in [3.8, 4) is 18.2 Å². The molecule has 142 valence electrons. The van der Waals surface area contributed by atoms with Crippen LogP contribution in [0, 0.1) is 51.1 Å². The van der Waals surface area contributed by atoms with Crippen molar-refractivity contribution in [2.75, 3.05) is 13.1 Å². The Morgan fingerprint density at radius 1 is 1.29 bits per heavy atom. The van der Waals surface area contributed by atoms with Gasteiger partial charge in [-0.05, 0) is 43.2 Å². The van der Waals surface area contributed by atoms with E-state index in [1.165, 1.54) is 6.07 Å². The smallest absolute Gasteiger partial charge is 0.191 e. The Labute approximate surface area is 172 Å². The van der Waals surface area contributed by atoms with Gasteiger partial charge in [0.1, 0.15) is 11.9 Å². The van der Waals surface area contributed by atoms with Gasteiger partial charge >= 0.3 is 0 Å². The van der Waals surface area contributed by atoms with Crippen molar-refractivity contribution in [3.05, 3.63) is 57.0 Å². The molecule has 0 spiro atoms. The first-order chi connectivity index (χ1) is 13.3. The van der Waals surface area contributed by atoms with E-state index >= 15 is 0 Å². The Hall–Kier alpha value is -2.66. The molecular weight excluding hydrogens is 421 g/mol. The fourth-order valence-corrected chi connectivity index (χ4v) is 4.60. The average Bonchev–Trinajstić information content (AvgIpc) is 2.69. The molecule has 0 fully saturated rings. The fourth-order valence-electron chi connectivity index (χ4n) is 4.22. The summed E-state index contributed by atoms with van der Waals surface area (Å²) in [5.74, 6) is -1.73. The van der Waals surface area contributed by atoms with Gasteiger partial charge in [-0.1, -0.05) is 22.0 Å². The minimum atomic E-state index is -1.82. The van der Waals surface area contributed by atoms with Crippen molar-refractivity contribution in [3.63, 3.8) is 0 Å². The summed E-state index contributed by atoms with van der Waals surface area (Å²) in [5, 5.41) is 29.7. The second-order valence-corrected chi connectivity index (χ2v) is 8.30. The summed E-state index contributed by atoms with van der Waals surface area (Å²) >= 11 is 3.35. The number of nitriles is 3. The minimum absolute atomic E-state index is 0.0927. The second-order valence-electron chi connectivity index (χ2n) is 7.39. The van der Waals surface area contributed by atoms with Crippen molar-refractivity contribution >= 4 is 15.9 Å². The highest BCUT2D eigenvalue weighted by atomic mass is 79.9. The molecule has 1 heterocycles. The normalized spacial score (nSPS) is 24.0. The van der Waals surface area contributed by atoms with Gasteiger partial charge in [-0.15, -0.1) is 0 Å². The van der Waals surface area contributed by atoms with Crippen LogP contribution in [0.1, 0.15) is 25.3 Å². The summed E-state index contributed by atoms with van der Waals surface area (Å²) in [6, 6.07) is 10.8. The number of allylic oxidation sites excluding steroid dienone is 2. The summed E-state index contributed by atoms with van der Waals surface area (Å²) in [7, 11) is 0. The third-order valence-corrected chi connectivity index (χ3v) is 6.21. The van der Waals surface area contributed by atoms with Crippen molar-refractivity contribution in [2.24, 2.45) is 17.1 Å². The maximum absolute atomic E-state index is 14.9. The molecule has 28 heavy (non-hydrogen) atoms. The lowest BCUT2D eigenvalue weighted by atomic mass is 9.58. The first-order valence-electron chi connectivity index (χ1n) is 8.93. The van der Waals surface area contributed by atoms with Crippen LogP contribution in [-0.2, 0) is 0 Å². The molecule has 1 aliphatic heterocycles. The van der Waals surface area contributed by atoms with E-state index in [1.54, 1.807) is 12.1 Å². The standard InChI is InChI=1S/C21H19BrFN5/c1-12(2)28-6-5-14-16(8-24)20(27)21(10-25,11-26)19(17(14)9-28)15-7-13(22)3-4-18(15)23/h3-5,7,12,17,19H,6,9,27H2,1-2H3/t17-,19+/m0/s1. The van der Waals surface area contributed by atoms with Crippen LogP contribution in [0.2, 0.25) is 0 Å². The highest BCUT2D eigenvalue weighted by molar-refractivity contribution is 9.10. The van der Waals surface area contributed by atoms with E-state index in [0.717, 1.165) is 0 Å². The van der Waals surface area contributed by atoms with Gasteiger partial charge in [-0.2, -0.15) is 15.8 Å². The highest BCUT2D eigenvalue weighted by Crippen LogP contribution is 2.54. The molecule has 1 aromatic carbocycles. The molecule has 0 aromatic heterocycles. The molecule has 0 radical (unpaired) electrons. The Morgan fingerprint density at radius 2 is 1.96 bits per heavy atom. The van der Waals surface area contributed by atoms with Gasteiger partial charge in [0, 0.05) is 35.4 Å². The summed E-state index contributed by atoms with van der Waals surface area (Å²) < 4.78 is 15.5. The SMILES string of the molecule is CC(C)N1CC=C2C(C#N)=C(N)C(C#N)(C#N)[C@H](c3cc(Br)ccc3F)[C@H]2C1. The van der Waals surface area contributed by atoms with Crippen molar-refractivity contribution in [1.82, 2.24) is 4.90 Å². The van der Waals surface area contributed by atoms with Crippen molar-refractivity contribution in [1.29, 1.82) is 15.8 Å². The molecule has 5 nitrogen and oxygen atoms in total. The minimum Gasteiger partial charge on any atom is -0.399 e. The van der Waals surface area contributed by atoms with Gasteiger partial charge in [0.15, 0.2) is 5.41 Å². The Morgan fingerprint density at radius 3 is 2.54 bits per heavy atom. The van der Waals surface area contributed by atoms with E-state index < -0.39 is 23.1 Å². The Kier molecular flexibility index (Phi) is 5.31. The van der Waals surface area contributed by atoms with Crippen molar-refractivity contribution in [2.45, 2.75) is 25.8 Å². The summed E-state index contributed by atoms with van der Waals surface area (Å²) in [6.07, 6.45) is 1.92. The molecule has 0 saturated heterocycles. The molecule has 0 saturated carbocycles. The van der Waals surface area contributed by atoms with E-state index in [0.29, 0.717) is 23.1 Å². The third-order valence-electron chi connectivity index (χ3n) is 5.72. The van der Waals surface area contributed by atoms with E-state index in [-0.39, 0.29) is 22.9 Å². The summed E-state index contributed by atoms with van der Waals surface area (Å²) in [5.41, 5.74) is 5.43. The molecule has 7 heteroatoms. The van der Waals surface area contributed by atoms with E-state index in [4.69, 9.17) is 5.73 Å². The predicted molar refractivity (Wildman–Crippen MR) is 106 cm³/mol. The third kappa shape index (κ3) is 2.90. The zero-order valence-corrected chi connectivity index (χ0v) is 17.2. The average molecular weight is 440 g/mol. The number of nitrogens with zero attached hydrogens (tertiary/aromatic N) is 4. The molecule has 0 bridgehead atoms. The van der Waals surface area contributed by atoms with Crippen LogP contribution in [0.5, 0.6) is 0 Å². The van der Waals surface area contributed by atoms with Crippen LogP contribution in [0.25, 0.3) is 0 Å². The molecule has 2 N–H and O–H groups in total. The molecule has 0 amide bonds. The Balaban J connectivity index is 2.35. The maximum atomic E-state index is 14.9. The zero-order chi connectivity index (χ0) is 20.6. The van der Waals surface area contributed by atoms with Crippen LogP contribution in [0.15, 0.2) is 45.6 Å². The number of rotatable bonds is 2. The lowest BCUT2D eigenvalue weighted by Gasteiger charge is -2.46. The van der Waals surface area contributed by atoms with Crippen LogP contribution >= 0.6 is 15.9 Å². The molecular formula is C21H19BrFN5. The number of halogens is 2. The number of hydrogen-bond acceptors (Lipinski definition) is 5. The van der Waals surface area contributed by atoms with Gasteiger partial charge in [-0.25, -0.2) is 4.39 Å².